The molecule has 202 valence electrons. The standard InChI is InChI=1S/C32H38O6/c1-21(19-22-13-9-8-10-14-22)20-32(2,3)29(30(33)27-23(35-4)15-11-16-24(27)36-5)31(34)28-25(37-6)17-12-18-26(28)38-7/h8-18,21,29H,19-20H2,1-7H3. The first-order valence-corrected chi connectivity index (χ1v) is 12.7. The SMILES string of the molecule is COc1cccc(OC)c1C(=O)C(C(=O)c1c(OC)cccc1OC)C(C)(C)CC(C)Cc1ccccc1. The fourth-order valence-electron chi connectivity index (χ4n) is 5.41. The number of hydrogen-bond donors (Lipinski definition) is 0. The minimum absolute atomic E-state index is 0.203. The molecule has 0 aliphatic heterocycles. The van der Waals surface area contributed by atoms with Gasteiger partial charge in [-0.3, -0.25) is 9.59 Å². The number of carbonyl (C=O) groups is 2. The van der Waals surface area contributed by atoms with Crippen molar-refractivity contribution in [3.63, 3.8) is 0 Å². The van der Waals surface area contributed by atoms with E-state index in [-0.39, 0.29) is 28.6 Å². The van der Waals surface area contributed by atoms with Gasteiger partial charge in [-0.2, -0.15) is 0 Å². The number of ether oxygens (including phenoxy) is 4. The summed E-state index contributed by atoms with van der Waals surface area (Å²) < 4.78 is 22.2. The van der Waals surface area contributed by atoms with Crippen LogP contribution in [0.25, 0.3) is 0 Å². The number of benzene rings is 3. The van der Waals surface area contributed by atoms with Gasteiger partial charge < -0.3 is 18.9 Å². The third-order valence-electron chi connectivity index (χ3n) is 6.96. The van der Waals surface area contributed by atoms with Crippen molar-refractivity contribution in [1.29, 1.82) is 0 Å². The first-order valence-electron chi connectivity index (χ1n) is 12.7. The number of Topliss-reactive ketones (excluding diaryl/α,β-unsaturated/α-hetero) is 2. The topological polar surface area (TPSA) is 71.1 Å². The largest absolute Gasteiger partial charge is 0.496 e. The molecule has 0 aliphatic carbocycles. The van der Waals surface area contributed by atoms with E-state index in [1.54, 1.807) is 36.4 Å². The quantitative estimate of drug-likeness (QED) is 0.185. The van der Waals surface area contributed by atoms with E-state index in [9.17, 15) is 9.59 Å². The van der Waals surface area contributed by atoms with Crippen LogP contribution in [0.2, 0.25) is 0 Å². The zero-order chi connectivity index (χ0) is 27.9. The van der Waals surface area contributed by atoms with Crippen molar-refractivity contribution >= 4 is 11.6 Å². The Labute approximate surface area is 225 Å². The van der Waals surface area contributed by atoms with Crippen LogP contribution >= 0.6 is 0 Å². The molecule has 0 radical (unpaired) electrons. The van der Waals surface area contributed by atoms with Crippen LogP contribution in [0, 0.1) is 17.3 Å². The lowest BCUT2D eigenvalue weighted by Gasteiger charge is -2.35. The van der Waals surface area contributed by atoms with Gasteiger partial charge in [-0.25, -0.2) is 0 Å². The molecule has 0 N–H and O–H groups in total. The summed E-state index contributed by atoms with van der Waals surface area (Å²) in [5.41, 5.74) is 0.963. The van der Waals surface area contributed by atoms with E-state index >= 15 is 0 Å². The highest BCUT2D eigenvalue weighted by Gasteiger charge is 2.45. The van der Waals surface area contributed by atoms with Crippen molar-refractivity contribution in [2.24, 2.45) is 17.3 Å². The summed E-state index contributed by atoms with van der Waals surface area (Å²) in [4.78, 5) is 28.9. The maximum absolute atomic E-state index is 14.4. The second kappa shape index (κ2) is 12.6. The molecular weight excluding hydrogens is 480 g/mol. The average molecular weight is 519 g/mol. The third kappa shape index (κ3) is 6.18. The Morgan fingerprint density at radius 2 is 1.05 bits per heavy atom. The van der Waals surface area contributed by atoms with Gasteiger partial charge in [0.2, 0.25) is 0 Å². The molecule has 6 nitrogen and oxygen atoms in total. The van der Waals surface area contributed by atoms with Crippen LogP contribution in [-0.4, -0.2) is 40.0 Å². The van der Waals surface area contributed by atoms with Gasteiger partial charge in [-0.1, -0.05) is 63.2 Å². The Balaban J connectivity index is 2.14. The summed E-state index contributed by atoms with van der Waals surface area (Å²) in [5.74, 6) is -0.173. The number of hydrogen-bond acceptors (Lipinski definition) is 6. The van der Waals surface area contributed by atoms with Crippen molar-refractivity contribution < 1.29 is 28.5 Å². The smallest absolute Gasteiger partial charge is 0.181 e. The molecule has 0 amide bonds. The molecule has 38 heavy (non-hydrogen) atoms. The van der Waals surface area contributed by atoms with E-state index in [1.807, 2.05) is 32.0 Å². The van der Waals surface area contributed by atoms with Crippen LogP contribution < -0.4 is 18.9 Å². The fraction of sp³-hybridized carbons (Fsp3) is 0.375. The van der Waals surface area contributed by atoms with Gasteiger partial charge in [0.25, 0.3) is 0 Å². The molecular formula is C32H38O6. The molecule has 3 rings (SSSR count). The first-order chi connectivity index (χ1) is 18.2. The van der Waals surface area contributed by atoms with Gasteiger partial charge in [0.05, 0.1) is 34.4 Å². The molecule has 0 aromatic heterocycles. The second-order valence-electron chi connectivity index (χ2n) is 10.2. The Hall–Kier alpha value is -3.80. The first kappa shape index (κ1) is 28.8. The van der Waals surface area contributed by atoms with Crippen molar-refractivity contribution in [1.82, 2.24) is 0 Å². The van der Waals surface area contributed by atoms with Crippen molar-refractivity contribution in [2.45, 2.75) is 33.6 Å². The molecule has 3 aromatic rings. The summed E-state index contributed by atoms with van der Waals surface area (Å²) >= 11 is 0. The molecule has 0 saturated carbocycles. The van der Waals surface area contributed by atoms with E-state index < -0.39 is 11.3 Å². The Bertz CT molecular complexity index is 1140. The molecule has 1 unspecified atom stereocenters. The molecule has 0 aliphatic rings. The lowest BCUT2D eigenvalue weighted by atomic mass is 9.66. The van der Waals surface area contributed by atoms with Gasteiger partial charge in [-0.15, -0.1) is 0 Å². The zero-order valence-electron chi connectivity index (χ0n) is 23.4. The predicted molar refractivity (Wildman–Crippen MR) is 149 cm³/mol. The average Bonchev–Trinajstić information content (AvgIpc) is 2.91. The van der Waals surface area contributed by atoms with E-state index in [0.29, 0.717) is 29.4 Å². The van der Waals surface area contributed by atoms with Gasteiger partial charge in [-0.05, 0) is 54.0 Å². The highest BCUT2D eigenvalue weighted by atomic mass is 16.5. The highest BCUT2D eigenvalue weighted by molar-refractivity contribution is 6.20. The molecule has 3 aromatic carbocycles. The molecule has 1 atom stereocenters. The van der Waals surface area contributed by atoms with Crippen LogP contribution in [0.4, 0.5) is 0 Å². The fourth-order valence-corrected chi connectivity index (χ4v) is 5.41. The van der Waals surface area contributed by atoms with E-state index in [2.05, 4.69) is 19.1 Å². The summed E-state index contributed by atoms with van der Waals surface area (Å²) in [6.07, 6.45) is 1.45. The van der Waals surface area contributed by atoms with E-state index in [1.165, 1.54) is 34.0 Å². The minimum atomic E-state index is -1.06. The molecule has 0 bridgehead atoms. The van der Waals surface area contributed by atoms with E-state index in [4.69, 9.17) is 18.9 Å². The lowest BCUT2D eigenvalue weighted by Crippen LogP contribution is -2.39. The number of methoxy groups -OCH3 is 4. The molecule has 0 spiro atoms. The zero-order valence-corrected chi connectivity index (χ0v) is 23.4. The van der Waals surface area contributed by atoms with Crippen molar-refractivity contribution in [2.75, 3.05) is 28.4 Å². The number of ketones is 2. The Kier molecular flexibility index (Phi) is 9.56. The van der Waals surface area contributed by atoms with E-state index in [0.717, 1.165) is 6.42 Å². The van der Waals surface area contributed by atoms with Gasteiger partial charge in [0.15, 0.2) is 11.6 Å². The highest BCUT2D eigenvalue weighted by Crippen LogP contribution is 2.44. The van der Waals surface area contributed by atoms with Crippen LogP contribution in [0.15, 0.2) is 66.7 Å². The van der Waals surface area contributed by atoms with Crippen LogP contribution in [-0.2, 0) is 6.42 Å². The number of rotatable bonds is 13. The van der Waals surface area contributed by atoms with Crippen LogP contribution in [0.5, 0.6) is 23.0 Å². The maximum Gasteiger partial charge on any atom is 0.181 e. The Morgan fingerprint density at radius 3 is 1.42 bits per heavy atom. The van der Waals surface area contributed by atoms with Gasteiger partial charge in [0.1, 0.15) is 34.1 Å². The minimum Gasteiger partial charge on any atom is -0.496 e. The Morgan fingerprint density at radius 1 is 0.658 bits per heavy atom. The number of carbonyl (C=O) groups excluding carboxylic acids is 2. The maximum atomic E-state index is 14.4. The molecule has 0 fully saturated rings. The monoisotopic (exact) mass is 518 g/mol. The van der Waals surface area contributed by atoms with Crippen LogP contribution in [0.1, 0.15) is 53.5 Å². The third-order valence-corrected chi connectivity index (χ3v) is 6.96. The second-order valence-corrected chi connectivity index (χ2v) is 10.2. The summed E-state index contributed by atoms with van der Waals surface area (Å²) in [7, 11) is 5.99. The van der Waals surface area contributed by atoms with Crippen molar-refractivity contribution in [3.05, 3.63) is 83.4 Å². The summed E-state index contributed by atoms with van der Waals surface area (Å²) in [5, 5.41) is 0. The van der Waals surface area contributed by atoms with Gasteiger partial charge >= 0.3 is 0 Å². The predicted octanol–water partition coefficient (Wildman–Crippen LogP) is 6.70. The molecule has 0 saturated heterocycles. The van der Waals surface area contributed by atoms with Crippen molar-refractivity contribution in [3.8, 4) is 23.0 Å². The normalized spacial score (nSPS) is 12.1. The van der Waals surface area contributed by atoms with Gasteiger partial charge in [0, 0.05) is 0 Å². The summed E-state index contributed by atoms with van der Waals surface area (Å²) in [6, 6.07) is 20.5. The lowest BCUT2D eigenvalue weighted by molar-refractivity contribution is 0.0630. The summed E-state index contributed by atoms with van der Waals surface area (Å²) in [6.45, 7) is 6.09. The molecule has 0 heterocycles. The molecule has 6 heteroatoms. The van der Waals surface area contributed by atoms with Crippen LogP contribution in [0.3, 0.4) is 0 Å².